The van der Waals surface area contributed by atoms with E-state index in [1.165, 1.54) is 18.2 Å². The highest BCUT2D eigenvalue weighted by Crippen LogP contribution is 2.35. The Bertz CT molecular complexity index is 1550. The van der Waals surface area contributed by atoms with Crippen molar-refractivity contribution in [3.63, 3.8) is 0 Å². The Kier molecular flexibility index (Phi) is 7.48. The number of carbonyl (C=O) groups excluding carboxylic acids is 3. The van der Waals surface area contributed by atoms with Crippen LogP contribution in [0.3, 0.4) is 0 Å². The topological polar surface area (TPSA) is 154 Å². The predicted molar refractivity (Wildman–Crippen MR) is 145 cm³/mol. The monoisotopic (exact) mass is 548 g/mol. The minimum absolute atomic E-state index is 0.147. The van der Waals surface area contributed by atoms with E-state index in [2.05, 4.69) is 14.7 Å². The maximum atomic E-state index is 15.3. The number of hydrogen-bond donors (Lipinski definition) is 3. The number of carbonyl (C=O) groups is 3. The summed E-state index contributed by atoms with van der Waals surface area (Å²) in [5.41, 5.74) is 11.9. The number of ether oxygens (including phenoxy) is 1. The maximum Gasteiger partial charge on any atom is 0.273 e. The van der Waals surface area contributed by atoms with Crippen molar-refractivity contribution in [3.05, 3.63) is 82.7 Å². The van der Waals surface area contributed by atoms with Gasteiger partial charge in [0, 0.05) is 24.7 Å². The summed E-state index contributed by atoms with van der Waals surface area (Å²) in [4.78, 5) is 44.9. The van der Waals surface area contributed by atoms with Gasteiger partial charge in [0.15, 0.2) is 5.69 Å². The highest BCUT2D eigenvalue weighted by Gasteiger charge is 2.37. The summed E-state index contributed by atoms with van der Waals surface area (Å²) in [5, 5.41) is 3.60. The van der Waals surface area contributed by atoms with E-state index in [1.807, 2.05) is 6.07 Å². The lowest BCUT2D eigenvalue weighted by Crippen LogP contribution is -2.46. The van der Waals surface area contributed by atoms with Crippen LogP contribution in [-0.4, -0.2) is 46.3 Å². The first-order chi connectivity index (χ1) is 18.8. The van der Waals surface area contributed by atoms with Crippen LogP contribution < -0.4 is 21.7 Å². The van der Waals surface area contributed by atoms with Crippen molar-refractivity contribution in [1.82, 2.24) is 14.7 Å². The maximum absolute atomic E-state index is 15.3. The molecule has 0 radical (unpaired) electrons. The zero-order valence-electron chi connectivity index (χ0n) is 20.7. The van der Waals surface area contributed by atoms with Crippen molar-refractivity contribution in [2.75, 3.05) is 23.8 Å². The number of nitrogens with one attached hydrogen (secondary N) is 1. The Balaban J connectivity index is 1.65. The Labute approximate surface area is 226 Å². The van der Waals surface area contributed by atoms with Crippen LogP contribution in [0.4, 0.5) is 15.8 Å². The molecule has 1 aliphatic rings. The molecule has 1 fully saturated rings. The van der Waals surface area contributed by atoms with Gasteiger partial charge in [-0.3, -0.25) is 24.3 Å². The van der Waals surface area contributed by atoms with Gasteiger partial charge in [-0.1, -0.05) is 24.3 Å². The number of anilines is 2. The van der Waals surface area contributed by atoms with Gasteiger partial charge < -0.3 is 21.5 Å². The van der Waals surface area contributed by atoms with Crippen LogP contribution in [0.25, 0.3) is 10.9 Å². The van der Waals surface area contributed by atoms with Gasteiger partial charge in [-0.05, 0) is 60.3 Å². The third kappa shape index (κ3) is 5.29. The van der Waals surface area contributed by atoms with Crippen LogP contribution in [0.15, 0.2) is 60.8 Å². The molecule has 0 aliphatic carbocycles. The molecule has 0 unspecified atom stereocenters. The van der Waals surface area contributed by atoms with Crippen LogP contribution in [0, 0.1) is 5.82 Å². The molecular formula is C27H25FN6O4S. The molecule has 39 heavy (non-hydrogen) atoms. The lowest BCUT2D eigenvalue weighted by atomic mass is 10.00. The predicted octanol–water partition coefficient (Wildman–Crippen LogP) is 3.19. The number of primary amides is 1. The Hall–Kier alpha value is -4.42. The summed E-state index contributed by atoms with van der Waals surface area (Å²) in [7, 11) is 0. The molecule has 0 bridgehead atoms. The average Bonchev–Trinajstić information content (AvgIpc) is 3.60. The molecule has 4 aromatic rings. The van der Waals surface area contributed by atoms with Gasteiger partial charge >= 0.3 is 0 Å². The number of nitrogen functional groups attached to an aromatic ring is 1. The van der Waals surface area contributed by atoms with Gasteiger partial charge in [-0.25, -0.2) is 4.39 Å². The zero-order chi connectivity index (χ0) is 27.5. The SMILES string of the molecule is NC(=O)c1nsc(C(=O)N(c2ccccc2F)[C@@H](C(=O)NC[C@H]2CCCO2)c2ccc3ncccc3c2)c1N. The number of para-hydroxylation sites is 1. The van der Waals surface area contributed by atoms with E-state index in [4.69, 9.17) is 16.2 Å². The Morgan fingerprint density at radius 3 is 2.72 bits per heavy atom. The summed E-state index contributed by atoms with van der Waals surface area (Å²) in [6.45, 7) is 0.826. The molecule has 2 atom stereocenters. The largest absolute Gasteiger partial charge is 0.395 e. The van der Waals surface area contributed by atoms with E-state index in [9.17, 15) is 14.4 Å². The van der Waals surface area contributed by atoms with Crippen LogP contribution >= 0.6 is 11.5 Å². The molecule has 0 spiro atoms. The Morgan fingerprint density at radius 2 is 2.00 bits per heavy atom. The van der Waals surface area contributed by atoms with Gasteiger partial charge in [0.1, 0.15) is 16.7 Å². The van der Waals surface area contributed by atoms with Crippen molar-refractivity contribution in [2.45, 2.75) is 25.0 Å². The van der Waals surface area contributed by atoms with E-state index in [0.717, 1.165) is 23.1 Å². The van der Waals surface area contributed by atoms with E-state index in [0.29, 0.717) is 29.2 Å². The molecule has 1 aliphatic heterocycles. The van der Waals surface area contributed by atoms with Crippen LogP contribution in [0.1, 0.15) is 44.6 Å². The molecule has 5 N–H and O–H groups in total. The van der Waals surface area contributed by atoms with Gasteiger partial charge in [0.05, 0.1) is 23.0 Å². The minimum atomic E-state index is -1.32. The molecule has 200 valence electrons. The van der Waals surface area contributed by atoms with E-state index >= 15 is 4.39 Å². The van der Waals surface area contributed by atoms with Crippen molar-refractivity contribution in [3.8, 4) is 0 Å². The van der Waals surface area contributed by atoms with Crippen molar-refractivity contribution in [2.24, 2.45) is 5.73 Å². The van der Waals surface area contributed by atoms with Gasteiger partial charge in [-0.2, -0.15) is 4.37 Å². The number of aromatic nitrogens is 2. The highest BCUT2D eigenvalue weighted by molar-refractivity contribution is 7.09. The number of benzene rings is 2. The second kappa shape index (κ2) is 11.1. The average molecular weight is 549 g/mol. The van der Waals surface area contributed by atoms with Gasteiger partial charge in [0.25, 0.3) is 11.8 Å². The molecule has 3 amide bonds. The number of amides is 3. The van der Waals surface area contributed by atoms with Crippen LogP contribution in [0.2, 0.25) is 0 Å². The second-order valence-corrected chi connectivity index (χ2v) is 9.78. The molecule has 2 aromatic heterocycles. The van der Waals surface area contributed by atoms with Crippen LogP contribution in [-0.2, 0) is 9.53 Å². The van der Waals surface area contributed by atoms with Gasteiger partial charge in [0.2, 0.25) is 5.91 Å². The summed E-state index contributed by atoms with van der Waals surface area (Å²) >= 11 is 0.651. The number of fused-ring (bicyclic) bond motifs is 1. The molecule has 0 saturated carbocycles. The smallest absolute Gasteiger partial charge is 0.273 e. The number of pyridine rings is 1. The minimum Gasteiger partial charge on any atom is -0.395 e. The highest BCUT2D eigenvalue weighted by atomic mass is 32.1. The van der Waals surface area contributed by atoms with Crippen molar-refractivity contribution < 1.29 is 23.5 Å². The second-order valence-electron chi connectivity index (χ2n) is 9.00. The normalized spacial score (nSPS) is 15.7. The third-order valence-corrected chi connectivity index (χ3v) is 7.31. The first-order valence-corrected chi connectivity index (χ1v) is 13.0. The number of nitrogens with zero attached hydrogens (tertiary/aromatic N) is 3. The third-order valence-electron chi connectivity index (χ3n) is 6.46. The number of halogens is 1. The summed E-state index contributed by atoms with van der Waals surface area (Å²) in [6.07, 6.45) is 3.15. The number of nitrogens with two attached hydrogens (primary N) is 2. The molecule has 1 saturated heterocycles. The first kappa shape index (κ1) is 26.2. The fraction of sp³-hybridized carbons (Fsp3) is 0.222. The lowest BCUT2D eigenvalue weighted by Gasteiger charge is -2.32. The molecular weight excluding hydrogens is 523 g/mol. The van der Waals surface area contributed by atoms with Crippen molar-refractivity contribution in [1.29, 1.82) is 0 Å². The fourth-order valence-electron chi connectivity index (χ4n) is 4.55. The summed E-state index contributed by atoms with van der Waals surface area (Å²) < 4.78 is 24.9. The molecule has 3 heterocycles. The quantitative estimate of drug-likeness (QED) is 0.306. The number of hydrogen-bond acceptors (Lipinski definition) is 8. The van der Waals surface area contributed by atoms with Crippen molar-refractivity contribution >= 4 is 51.5 Å². The van der Waals surface area contributed by atoms with Crippen LogP contribution in [0.5, 0.6) is 0 Å². The van der Waals surface area contributed by atoms with E-state index < -0.39 is 29.6 Å². The lowest BCUT2D eigenvalue weighted by molar-refractivity contribution is -0.123. The Morgan fingerprint density at radius 1 is 1.18 bits per heavy atom. The zero-order valence-corrected chi connectivity index (χ0v) is 21.5. The molecule has 12 heteroatoms. The van der Waals surface area contributed by atoms with E-state index in [1.54, 1.807) is 36.5 Å². The summed E-state index contributed by atoms with van der Waals surface area (Å²) in [6, 6.07) is 13.0. The van der Waals surface area contributed by atoms with Gasteiger partial charge in [-0.15, -0.1) is 0 Å². The number of rotatable bonds is 8. The fourth-order valence-corrected chi connectivity index (χ4v) is 5.29. The molecule has 5 rings (SSSR count). The first-order valence-electron chi connectivity index (χ1n) is 12.2. The van der Waals surface area contributed by atoms with E-state index in [-0.39, 0.29) is 34.6 Å². The summed E-state index contributed by atoms with van der Waals surface area (Å²) in [5.74, 6) is -3.01. The standard InChI is InChI=1S/C27H25FN6O4S/c28-18-7-1-2-8-20(18)34(27(37)24-21(29)22(25(30)35)33-39-24)23(26(36)32-14-17-6-4-12-38-17)16-9-10-19-15(13-16)5-3-11-31-19/h1-3,5,7-11,13,17,23H,4,6,12,14,29H2,(H2,30,35)(H,32,36)/t17-,23-/m1/s1. The molecule has 10 nitrogen and oxygen atoms in total. The molecule has 2 aromatic carbocycles.